The van der Waals surface area contributed by atoms with Crippen LogP contribution in [0.1, 0.15) is 159 Å². The normalized spacial score (nSPS) is 39.1. The van der Waals surface area contributed by atoms with Gasteiger partial charge in [0.2, 0.25) is 0 Å². The monoisotopic (exact) mass is 524 g/mol. The highest BCUT2D eigenvalue weighted by Gasteiger charge is 2.28. The maximum Gasteiger partial charge on any atom is 0 e. The Bertz CT molecular complexity index is 383. The lowest BCUT2D eigenvalue weighted by molar-refractivity contribution is 0.137. The molecule has 4 aliphatic carbocycles. The highest BCUT2D eigenvalue weighted by molar-refractivity contribution is 5.75. The maximum absolute atomic E-state index is 2.41. The lowest BCUT2D eigenvalue weighted by atomic mass is 9.69. The fourth-order valence-corrected chi connectivity index (χ4v) is 6.37. The molecule has 3 heteroatoms. The van der Waals surface area contributed by atoms with Crippen LogP contribution in [-0.4, -0.2) is 19.4 Å². The van der Waals surface area contributed by atoms with Gasteiger partial charge >= 0.3 is 0 Å². The average Bonchev–Trinajstić information content (AvgIpc) is 2.82. The molecule has 4 saturated carbocycles. The van der Waals surface area contributed by atoms with Gasteiger partial charge in [0.15, 0.2) is 0 Å². The molecular formula is C34H72BO2. The molecule has 0 spiro atoms. The van der Waals surface area contributed by atoms with Crippen LogP contribution in [0.4, 0.5) is 0 Å². The third kappa shape index (κ3) is 18.8. The molecule has 4 N–H and O–H groups in total. The summed E-state index contributed by atoms with van der Waals surface area (Å²) in [5, 5.41) is 0. The molecule has 0 aliphatic heterocycles. The molecule has 0 bridgehead atoms. The van der Waals surface area contributed by atoms with E-state index in [-0.39, 0.29) is 19.4 Å². The molecule has 37 heavy (non-hydrogen) atoms. The van der Waals surface area contributed by atoms with Crippen LogP contribution in [0.2, 0.25) is 0 Å². The van der Waals surface area contributed by atoms with Crippen molar-refractivity contribution in [3.05, 3.63) is 0 Å². The van der Waals surface area contributed by atoms with Gasteiger partial charge in [0.05, 0.1) is 0 Å². The Balaban J connectivity index is -0.000000407. The van der Waals surface area contributed by atoms with Crippen LogP contribution in [-0.2, 0) is 0 Å². The van der Waals surface area contributed by atoms with Crippen molar-refractivity contribution in [1.29, 1.82) is 0 Å². The minimum Gasteiger partial charge on any atom is -0.412 e. The molecule has 0 aromatic heterocycles. The first-order valence-corrected chi connectivity index (χ1v) is 16.0. The van der Waals surface area contributed by atoms with Gasteiger partial charge in [-0.25, -0.2) is 0 Å². The standard InChI is InChI=1S/C10H20.3C8H16.B.2H2O/c1-7-5-6-8(2)10(4)9(7)3;3*1-7-3-5-8(2)6-4-7;;;/h7-10H,5-6H2,1-4H3;3*7-8H,3-6H2,1-2H3;;2*1H2. The molecule has 4 unspecified atom stereocenters. The highest BCUT2D eigenvalue weighted by atomic mass is 16.0. The maximum atomic E-state index is 2.41. The Kier molecular flexibility index (Phi) is 25.5. The summed E-state index contributed by atoms with van der Waals surface area (Å²) in [5.41, 5.74) is 0. The Morgan fingerprint density at radius 2 is 0.405 bits per heavy atom. The third-order valence-corrected chi connectivity index (χ3v) is 10.6. The largest absolute Gasteiger partial charge is 0.412 e. The average molecular weight is 524 g/mol. The van der Waals surface area contributed by atoms with Crippen LogP contribution < -0.4 is 0 Å². The fraction of sp³-hybridized carbons (Fsp3) is 1.00. The van der Waals surface area contributed by atoms with Gasteiger partial charge in [-0.05, 0) is 59.2 Å². The molecule has 0 saturated heterocycles. The van der Waals surface area contributed by atoms with Crippen LogP contribution in [0, 0.1) is 59.2 Å². The summed E-state index contributed by atoms with van der Waals surface area (Å²) in [6.07, 6.45) is 20.6. The molecule has 2 nitrogen and oxygen atoms in total. The number of hydrogen-bond donors (Lipinski definition) is 0. The van der Waals surface area contributed by atoms with Gasteiger partial charge in [-0.1, -0.05) is 159 Å². The van der Waals surface area contributed by atoms with E-state index in [0.717, 1.165) is 59.2 Å². The quantitative estimate of drug-likeness (QED) is 0.284. The fourth-order valence-electron chi connectivity index (χ4n) is 6.37. The third-order valence-electron chi connectivity index (χ3n) is 10.6. The van der Waals surface area contributed by atoms with E-state index in [1.807, 2.05) is 0 Å². The Morgan fingerprint density at radius 3 is 0.541 bits per heavy atom. The Hall–Kier alpha value is -0.0151. The minimum atomic E-state index is 0. The van der Waals surface area contributed by atoms with E-state index in [1.54, 1.807) is 0 Å². The Labute approximate surface area is 237 Å². The molecule has 4 fully saturated rings. The van der Waals surface area contributed by atoms with Crippen LogP contribution in [0.15, 0.2) is 0 Å². The highest BCUT2D eigenvalue weighted by Crippen LogP contribution is 2.37. The zero-order valence-corrected chi connectivity index (χ0v) is 27.3. The smallest absolute Gasteiger partial charge is 0 e. The molecule has 0 aromatic rings. The predicted octanol–water partition coefficient (Wildman–Crippen LogP) is 9.79. The van der Waals surface area contributed by atoms with Gasteiger partial charge in [0.1, 0.15) is 0 Å². The van der Waals surface area contributed by atoms with Crippen LogP contribution >= 0.6 is 0 Å². The number of rotatable bonds is 0. The summed E-state index contributed by atoms with van der Waals surface area (Å²) < 4.78 is 0. The van der Waals surface area contributed by atoms with E-state index in [2.05, 4.69) is 69.2 Å². The Morgan fingerprint density at radius 1 is 0.270 bits per heavy atom. The lowest BCUT2D eigenvalue weighted by Gasteiger charge is -2.36. The van der Waals surface area contributed by atoms with E-state index >= 15 is 0 Å². The minimum absolute atomic E-state index is 0. The van der Waals surface area contributed by atoms with E-state index in [4.69, 9.17) is 0 Å². The summed E-state index contributed by atoms with van der Waals surface area (Å²) in [6.45, 7) is 23.8. The van der Waals surface area contributed by atoms with Crippen molar-refractivity contribution >= 4 is 8.41 Å². The van der Waals surface area contributed by atoms with Crippen molar-refractivity contribution in [3.8, 4) is 0 Å². The SMILES string of the molecule is CC1CCC(C)C(C)C1C.CC1CCC(C)CC1.CC1CCC(C)CC1.CC1CCC(C)CC1.O.O.[B]. The van der Waals surface area contributed by atoms with Crippen molar-refractivity contribution in [2.75, 3.05) is 0 Å². The molecule has 4 rings (SSSR count). The number of hydrogen-bond acceptors (Lipinski definition) is 0. The zero-order valence-electron chi connectivity index (χ0n) is 27.3. The first-order valence-electron chi connectivity index (χ1n) is 16.0. The van der Waals surface area contributed by atoms with Gasteiger partial charge in [-0.3, -0.25) is 0 Å². The summed E-state index contributed by atoms with van der Waals surface area (Å²) in [4.78, 5) is 0. The van der Waals surface area contributed by atoms with Crippen molar-refractivity contribution < 1.29 is 11.0 Å². The summed E-state index contributed by atoms with van der Waals surface area (Å²) in [6, 6.07) is 0. The van der Waals surface area contributed by atoms with Crippen LogP contribution in [0.3, 0.4) is 0 Å². The van der Waals surface area contributed by atoms with Gasteiger partial charge in [0.25, 0.3) is 0 Å². The molecule has 223 valence electrons. The van der Waals surface area contributed by atoms with Gasteiger partial charge in [-0.2, -0.15) is 0 Å². The summed E-state index contributed by atoms with van der Waals surface area (Å²) in [7, 11) is 0. The first kappa shape index (κ1) is 41.5. The van der Waals surface area contributed by atoms with Gasteiger partial charge < -0.3 is 11.0 Å². The molecule has 0 amide bonds. The lowest BCUT2D eigenvalue weighted by Crippen LogP contribution is -2.27. The van der Waals surface area contributed by atoms with E-state index < -0.39 is 0 Å². The summed E-state index contributed by atoms with van der Waals surface area (Å²) >= 11 is 0. The first-order chi connectivity index (χ1) is 16.0. The van der Waals surface area contributed by atoms with Crippen LogP contribution in [0.5, 0.6) is 0 Å². The van der Waals surface area contributed by atoms with E-state index in [9.17, 15) is 0 Å². The zero-order chi connectivity index (χ0) is 25.7. The second kappa shape index (κ2) is 22.8. The van der Waals surface area contributed by atoms with Crippen LogP contribution in [0.25, 0.3) is 0 Å². The van der Waals surface area contributed by atoms with Gasteiger partial charge in [-0.15, -0.1) is 0 Å². The molecule has 3 radical (unpaired) electrons. The van der Waals surface area contributed by atoms with Crippen molar-refractivity contribution in [2.45, 2.75) is 159 Å². The molecule has 4 aliphatic rings. The van der Waals surface area contributed by atoms with E-state index in [0.29, 0.717) is 0 Å². The topological polar surface area (TPSA) is 63.0 Å². The molecule has 0 heterocycles. The van der Waals surface area contributed by atoms with Gasteiger partial charge in [0, 0.05) is 8.41 Å². The molecular weight excluding hydrogens is 451 g/mol. The van der Waals surface area contributed by atoms with Crippen molar-refractivity contribution in [1.82, 2.24) is 0 Å². The van der Waals surface area contributed by atoms with Crippen molar-refractivity contribution in [3.63, 3.8) is 0 Å². The predicted molar refractivity (Wildman–Crippen MR) is 169 cm³/mol. The molecule has 4 atom stereocenters. The van der Waals surface area contributed by atoms with E-state index in [1.165, 1.54) is 89.9 Å². The van der Waals surface area contributed by atoms with Crippen molar-refractivity contribution in [2.24, 2.45) is 59.2 Å². The second-order valence-electron chi connectivity index (χ2n) is 14.3. The second-order valence-corrected chi connectivity index (χ2v) is 14.3. The summed E-state index contributed by atoms with van der Waals surface area (Å²) in [5.74, 6) is 9.94. The molecule has 0 aromatic carbocycles.